The van der Waals surface area contributed by atoms with Crippen LogP contribution in [-0.4, -0.2) is 17.5 Å². The molecule has 0 saturated heterocycles. The third kappa shape index (κ3) is 3.90. The molecule has 0 bridgehead atoms. The summed E-state index contributed by atoms with van der Waals surface area (Å²) in [6.07, 6.45) is 0. The molecule has 0 radical (unpaired) electrons. The standard InChI is InChI=1S/C26H19FN2O2/c1-16-2-4-17(5-3-16)20-13-22(18-6-9-21(27)10-7-18)28-23(14-20)19-8-11-25-24(12-19)29-26(30)15-31-25/h2-14H,15H2,1H3,(H,29,30). The highest BCUT2D eigenvalue weighted by Crippen LogP contribution is 2.35. The van der Waals surface area contributed by atoms with Crippen molar-refractivity contribution in [2.45, 2.75) is 6.92 Å². The van der Waals surface area contributed by atoms with Crippen molar-refractivity contribution in [3.63, 3.8) is 0 Å². The summed E-state index contributed by atoms with van der Waals surface area (Å²) in [7, 11) is 0. The third-order valence-corrected chi connectivity index (χ3v) is 5.26. The maximum Gasteiger partial charge on any atom is 0.262 e. The lowest BCUT2D eigenvalue weighted by Gasteiger charge is -2.18. The molecule has 0 atom stereocenters. The van der Waals surface area contributed by atoms with E-state index in [-0.39, 0.29) is 18.3 Å². The Hall–Kier alpha value is -3.99. The number of hydrogen-bond acceptors (Lipinski definition) is 3. The monoisotopic (exact) mass is 410 g/mol. The number of aryl methyl sites for hydroxylation is 1. The van der Waals surface area contributed by atoms with Crippen LogP contribution < -0.4 is 10.1 Å². The number of hydrogen-bond donors (Lipinski definition) is 1. The van der Waals surface area contributed by atoms with Gasteiger partial charge in [-0.25, -0.2) is 9.37 Å². The van der Waals surface area contributed by atoms with Crippen LogP contribution >= 0.6 is 0 Å². The summed E-state index contributed by atoms with van der Waals surface area (Å²) in [4.78, 5) is 16.6. The molecule has 4 nitrogen and oxygen atoms in total. The molecule has 152 valence electrons. The van der Waals surface area contributed by atoms with Gasteiger partial charge in [0.05, 0.1) is 17.1 Å². The topological polar surface area (TPSA) is 51.2 Å². The van der Waals surface area contributed by atoms with Gasteiger partial charge in [0, 0.05) is 11.1 Å². The van der Waals surface area contributed by atoms with Gasteiger partial charge in [-0.05, 0) is 72.6 Å². The van der Waals surface area contributed by atoms with Crippen LogP contribution in [-0.2, 0) is 4.79 Å². The highest BCUT2D eigenvalue weighted by atomic mass is 19.1. The van der Waals surface area contributed by atoms with Gasteiger partial charge in [-0.3, -0.25) is 4.79 Å². The molecular weight excluding hydrogens is 391 g/mol. The van der Waals surface area contributed by atoms with E-state index < -0.39 is 0 Å². The van der Waals surface area contributed by atoms with Gasteiger partial charge in [-0.1, -0.05) is 29.8 Å². The van der Waals surface area contributed by atoms with Gasteiger partial charge >= 0.3 is 0 Å². The molecule has 0 fully saturated rings. The number of amides is 1. The van der Waals surface area contributed by atoms with Gasteiger partial charge in [-0.2, -0.15) is 0 Å². The number of carbonyl (C=O) groups excluding carboxylic acids is 1. The molecule has 1 aromatic heterocycles. The maximum atomic E-state index is 13.5. The Morgan fingerprint density at radius 1 is 0.806 bits per heavy atom. The lowest BCUT2D eigenvalue weighted by molar-refractivity contribution is -0.118. The van der Waals surface area contributed by atoms with E-state index in [1.165, 1.54) is 17.7 Å². The molecule has 2 heterocycles. The van der Waals surface area contributed by atoms with E-state index in [2.05, 4.69) is 36.5 Å². The second kappa shape index (κ2) is 7.69. The van der Waals surface area contributed by atoms with Crippen molar-refractivity contribution in [3.05, 3.63) is 90.2 Å². The van der Waals surface area contributed by atoms with Crippen LogP contribution in [0.3, 0.4) is 0 Å². The van der Waals surface area contributed by atoms with Gasteiger partial charge in [-0.15, -0.1) is 0 Å². The van der Waals surface area contributed by atoms with Crippen molar-refractivity contribution in [2.75, 3.05) is 11.9 Å². The quantitative estimate of drug-likeness (QED) is 0.460. The predicted octanol–water partition coefficient (Wildman–Crippen LogP) is 5.86. The summed E-state index contributed by atoms with van der Waals surface area (Å²) in [5.74, 6) is 0.166. The van der Waals surface area contributed by atoms with Gasteiger partial charge in [0.25, 0.3) is 5.91 Å². The predicted molar refractivity (Wildman–Crippen MR) is 119 cm³/mol. The van der Waals surface area contributed by atoms with E-state index in [0.29, 0.717) is 11.4 Å². The zero-order chi connectivity index (χ0) is 21.4. The first-order valence-corrected chi connectivity index (χ1v) is 9.97. The summed E-state index contributed by atoms with van der Waals surface area (Å²) >= 11 is 0. The lowest BCUT2D eigenvalue weighted by atomic mass is 9.99. The summed E-state index contributed by atoms with van der Waals surface area (Å²) < 4.78 is 18.9. The minimum Gasteiger partial charge on any atom is -0.482 e. The number of nitrogens with one attached hydrogen (secondary N) is 1. The average molecular weight is 410 g/mol. The van der Waals surface area contributed by atoms with E-state index in [9.17, 15) is 9.18 Å². The summed E-state index contributed by atoms with van der Waals surface area (Å²) in [5.41, 5.74) is 7.04. The van der Waals surface area contributed by atoms with E-state index >= 15 is 0 Å². The number of halogens is 1. The number of fused-ring (bicyclic) bond motifs is 1. The fourth-order valence-corrected chi connectivity index (χ4v) is 3.60. The Kier molecular flexibility index (Phi) is 4.71. The third-order valence-electron chi connectivity index (χ3n) is 5.26. The number of pyridine rings is 1. The number of nitrogens with zero attached hydrogens (tertiary/aromatic N) is 1. The van der Waals surface area contributed by atoms with Crippen LogP contribution in [0.2, 0.25) is 0 Å². The van der Waals surface area contributed by atoms with E-state index in [4.69, 9.17) is 9.72 Å². The van der Waals surface area contributed by atoms with Crippen molar-refractivity contribution < 1.29 is 13.9 Å². The van der Waals surface area contributed by atoms with Crippen LogP contribution in [0.1, 0.15) is 5.56 Å². The Bertz CT molecular complexity index is 1220. The molecular formula is C26H19FN2O2. The van der Waals surface area contributed by atoms with Gasteiger partial charge in [0.1, 0.15) is 11.6 Å². The van der Waals surface area contributed by atoms with Crippen molar-refractivity contribution in [1.29, 1.82) is 0 Å². The van der Waals surface area contributed by atoms with Gasteiger partial charge in [0.15, 0.2) is 6.61 Å². The number of carbonyl (C=O) groups is 1. The van der Waals surface area contributed by atoms with E-state index in [1.54, 1.807) is 12.1 Å². The minimum atomic E-state index is -0.288. The van der Waals surface area contributed by atoms with Crippen LogP contribution in [0.5, 0.6) is 5.75 Å². The summed E-state index contributed by atoms with van der Waals surface area (Å²) in [5, 5.41) is 2.84. The van der Waals surface area contributed by atoms with E-state index in [1.807, 2.05) is 30.3 Å². The second-order valence-electron chi connectivity index (χ2n) is 7.55. The summed E-state index contributed by atoms with van der Waals surface area (Å²) in [6, 6.07) is 24.2. The van der Waals surface area contributed by atoms with Crippen LogP contribution in [0.25, 0.3) is 33.6 Å². The highest BCUT2D eigenvalue weighted by Gasteiger charge is 2.17. The van der Waals surface area contributed by atoms with Crippen molar-refractivity contribution in [1.82, 2.24) is 4.98 Å². The normalized spacial score (nSPS) is 12.6. The highest BCUT2D eigenvalue weighted by molar-refractivity contribution is 5.96. The Morgan fingerprint density at radius 2 is 1.45 bits per heavy atom. The second-order valence-corrected chi connectivity index (χ2v) is 7.55. The fraction of sp³-hybridized carbons (Fsp3) is 0.0769. The molecule has 0 spiro atoms. The molecule has 1 aliphatic heterocycles. The average Bonchev–Trinajstić information content (AvgIpc) is 2.79. The van der Waals surface area contributed by atoms with Crippen molar-refractivity contribution in [3.8, 4) is 39.4 Å². The van der Waals surface area contributed by atoms with Gasteiger partial charge in [0.2, 0.25) is 0 Å². The van der Waals surface area contributed by atoms with Crippen LogP contribution in [0, 0.1) is 12.7 Å². The molecule has 5 heteroatoms. The molecule has 0 aliphatic carbocycles. The molecule has 1 amide bonds. The number of aromatic nitrogens is 1. The molecule has 0 unspecified atom stereocenters. The molecule has 0 saturated carbocycles. The number of benzene rings is 3. The van der Waals surface area contributed by atoms with Gasteiger partial charge < -0.3 is 10.1 Å². The molecule has 3 aromatic carbocycles. The smallest absolute Gasteiger partial charge is 0.262 e. The lowest BCUT2D eigenvalue weighted by Crippen LogP contribution is -2.25. The molecule has 1 N–H and O–H groups in total. The number of ether oxygens (including phenoxy) is 1. The first kappa shape index (κ1) is 19.0. The zero-order valence-corrected chi connectivity index (χ0v) is 16.9. The maximum absolute atomic E-state index is 13.5. The SMILES string of the molecule is Cc1ccc(-c2cc(-c3ccc(F)cc3)nc(-c3ccc4c(c3)NC(=O)CO4)c2)cc1. The number of anilines is 1. The Labute approximate surface area is 179 Å². The largest absolute Gasteiger partial charge is 0.482 e. The van der Waals surface area contributed by atoms with Crippen LogP contribution in [0.15, 0.2) is 78.9 Å². The minimum absolute atomic E-state index is 0.0161. The Morgan fingerprint density at radius 3 is 2.19 bits per heavy atom. The first-order valence-electron chi connectivity index (χ1n) is 9.97. The first-order chi connectivity index (χ1) is 15.0. The van der Waals surface area contributed by atoms with Crippen molar-refractivity contribution in [2.24, 2.45) is 0 Å². The zero-order valence-electron chi connectivity index (χ0n) is 16.9. The van der Waals surface area contributed by atoms with E-state index in [0.717, 1.165) is 33.6 Å². The summed E-state index contributed by atoms with van der Waals surface area (Å²) in [6.45, 7) is 2.07. The molecule has 31 heavy (non-hydrogen) atoms. The molecule has 1 aliphatic rings. The molecule has 4 aromatic rings. The van der Waals surface area contributed by atoms with Crippen molar-refractivity contribution >= 4 is 11.6 Å². The van der Waals surface area contributed by atoms with Crippen LogP contribution in [0.4, 0.5) is 10.1 Å². The number of rotatable bonds is 3. The Balaban J connectivity index is 1.66. The molecule has 5 rings (SSSR count). The fourth-order valence-electron chi connectivity index (χ4n) is 3.60.